The van der Waals surface area contributed by atoms with E-state index in [1.165, 1.54) is 12.1 Å². The molecule has 0 radical (unpaired) electrons. The number of carbonyl (C=O) groups is 2. The Hall–Kier alpha value is -1.78. The van der Waals surface area contributed by atoms with Gasteiger partial charge in [0.15, 0.2) is 5.76 Å². The number of furan rings is 1. The van der Waals surface area contributed by atoms with Gasteiger partial charge < -0.3 is 14.4 Å². The van der Waals surface area contributed by atoms with Crippen molar-refractivity contribution in [3.63, 3.8) is 0 Å². The van der Waals surface area contributed by atoms with Crippen molar-refractivity contribution in [1.29, 1.82) is 0 Å². The van der Waals surface area contributed by atoms with E-state index in [1.54, 1.807) is 11.9 Å². The molecule has 17 heavy (non-hydrogen) atoms. The highest BCUT2D eigenvalue weighted by Crippen LogP contribution is 2.24. The number of rotatable bonds is 3. The minimum Gasteiger partial charge on any atom is -0.475 e. The van der Waals surface area contributed by atoms with Crippen LogP contribution >= 0.6 is 0 Å². The highest BCUT2D eigenvalue weighted by Gasteiger charge is 2.26. The lowest BCUT2D eigenvalue weighted by atomic mass is 10.2. The Balaban J connectivity index is 2.09. The number of aromatic carboxylic acids is 1. The van der Waals surface area contributed by atoms with Gasteiger partial charge in [-0.1, -0.05) is 12.8 Å². The number of hydrogen-bond acceptors (Lipinski definition) is 3. The second-order valence-corrected chi connectivity index (χ2v) is 4.32. The Kier molecular flexibility index (Phi) is 3.17. The molecule has 1 amide bonds. The van der Waals surface area contributed by atoms with Crippen molar-refractivity contribution in [1.82, 2.24) is 4.90 Å². The summed E-state index contributed by atoms with van der Waals surface area (Å²) in [5.74, 6) is -1.51. The van der Waals surface area contributed by atoms with E-state index < -0.39 is 5.97 Å². The quantitative estimate of drug-likeness (QED) is 0.872. The zero-order valence-electron chi connectivity index (χ0n) is 9.68. The van der Waals surface area contributed by atoms with E-state index in [0.29, 0.717) is 0 Å². The lowest BCUT2D eigenvalue weighted by molar-refractivity contribution is 0.0645. The van der Waals surface area contributed by atoms with Crippen LogP contribution in [0.5, 0.6) is 0 Å². The van der Waals surface area contributed by atoms with Crippen LogP contribution in [-0.4, -0.2) is 35.0 Å². The van der Waals surface area contributed by atoms with Crippen LogP contribution in [0.4, 0.5) is 0 Å². The van der Waals surface area contributed by atoms with E-state index in [0.717, 1.165) is 25.7 Å². The molecule has 5 heteroatoms. The van der Waals surface area contributed by atoms with Crippen LogP contribution in [0.2, 0.25) is 0 Å². The SMILES string of the molecule is CN(C(=O)c1ccc(C(=O)O)o1)C1CCCC1. The number of nitrogens with zero attached hydrogens (tertiary/aromatic N) is 1. The van der Waals surface area contributed by atoms with Crippen molar-refractivity contribution in [3.05, 3.63) is 23.7 Å². The number of amides is 1. The molecule has 1 N–H and O–H groups in total. The fraction of sp³-hybridized carbons (Fsp3) is 0.500. The van der Waals surface area contributed by atoms with Gasteiger partial charge in [0, 0.05) is 13.1 Å². The summed E-state index contributed by atoms with van der Waals surface area (Å²) in [6.07, 6.45) is 4.30. The Labute approximate surface area is 99.0 Å². The standard InChI is InChI=1S/C12H15NO4/c1-13(8-4-2-3-5-8)11(14)9-6-7-10(17-9)12(15)16/h6-8H,2-5H2,1H3,(H,15,16). The second kappa shape index (κ2) is 4.61. The average molecular weight is 237 g/mol. The molecule has 1 aromatic rings. The van der Waals surface area contributed by atoms with Gasteiger partial charge in [0.1, 0.15) is 0 Å². The van der Waals surface area contributed by atoms with Gasteiger partial charge >= 0.3 is 5.97 Å². The van der Waals surface area contributed by atoms with Crippen LogP contribution in [0, 0.1) is 0 Å². The summed E-state index contributed by atoms with van der Waals surface area (Å²) in [5.41, 5.74) is 0. The van der Waals surface area contributed by atoms with Crippen LogP contribution in [0.3, 0.4) is 0 Å². The van der Waals surface area contributed by atoms with Gasteiger partial charge in [-0.3, -0.25) is 4.79 Å². The van der Waals surface area contributed by atoms with Gasteiger partial charge in [0.25, 0.3) is 5.91 Å². The molecular formula is C12H15NO4. The Morgan fingerprint density at radius 2 is 1.88 bits per heavy atom. The molecule has 92 valence electrons. The molecule has 0 unspecified atom stereocenters. The zero-order chi connectivity index (χ0) is 12.4. The molecule has 0 bridgehead atoms. The third-order valence-electron chi connectivity index (χ3n) is 3.22. The van der Waals surface area contributed by atoms with Gasteiger partial charge in [-0.05, 0) is 25.0 Å². The van der Waals surface area contributed by atoms with E-state index in [1.807, 2.05) is 0 Å². The van der Waals surface area contributed by atoms with Gasteiger partial charge in [-0.15, -0.1) is 0 Å². The highest BCUT2D eigenvalue weighted by molar-refractivity contribution is 5.93. The Morgan fingerprint density at radius 3 is 2.41 bits per heavy atom. The third kappa shape index (κ3) is 2.33. The molecule has 1 aromatic heterocycles. The fourth-order valence-electron chi connectivity index (χ4n) is 2.20. The molecule has 1 aliphatic carbocycles. The maximum Gasteiger partial charge on any atom is 0.371 e. The Morgan fingerprint density at radius 1 is 1.29 bits per heavy atom. The molecule has 1 fully saturated rings. The first kappa shape index (κ1) is 11.7. The summed E-state index contributed by atoms with van der Waals surface area (Å²) in [5, 5.41) is 8.71. The van der Waals surface area contributed by atoms with Crippen molar-refractivity contribution in [2.24, 2.45) is 0 Å². The molecule has 0 aromatic carbocycles. The monoisotopic (exact) mass is 237 g/mol. The van der Waals surface area contributed by atoms with E-state index in [9.17, 15) is 9.59 Å². The smallest absolute Gasteiger partial charge is 0.371 e. The zero-order valence-corrected chi connectivity index (χ0v) is 9.68. The van der Waals surface area contributed by atoms with Crippen molar-refractivity contribution >= 4 is 11.9 Å². The van der Waals surface area contributed by atoms with E-state index >= 15 is 0 Å². The van der Waals surface area contributed by atoms with E-state index in [-0.39, 0.29) is 23.5 Å². The van der Waals surface area contributed by atoms with E-state index in [2.05, 4.69) is 0 Å². The van der Waals surface area contributed by atoms with Crippen LogP contribution in [0.25, 0.3) is 0 Å². The normalized spacial score (nSPS) is 16.1. The summed E-state index contributed by atoms with van der Waals surface area (Å²) >= 11 is 0. The molecular weight excluding hydrogens is 222 g/mol. The van der Waals surface area contributed by atoms with E-state index in [4.69, 9.17) is 9.52 Å². The van der Waals surface area contributed by atoms with Gasteiger partial charge in [-0.2, -0.15) is 0 Å². The summed E-state index contributed by atoms with van der Waals surface area (Å²) in [4.78, 5) is 24.3. The molecule has 0 atom stereocenters. The number of carboxylic acid groups (broad SMARTS) is 1. The van der Waals surface area contributed by atoms with Crippen LogP contribution in [0.15, 0.2) is 16.5 Å². The number of carboxylic acids is 1. The van der Waals surface area contributed by atoms with Gasteiger partial charge in [-0.25, -0.2) is 4.79 Å². The summed E-state index contributed by atoms with van der Waals surface area (Å²) in [7, 11) is 1.74. The van der Waals surface area contributed by atoms with Crippen molar-refractivity contribution in [2.75, 3.05) is 7.05 Å². The van der Waals surface area contributed by atoms with Crippen molar-refractivity contribution in [2.45, 2.75) is 31.7 Å². The lowest BCUT2D eigenvalue weighted by Crippen LogP contribution is -2.34. The highest BCUT2D eigenvalue weighted by atomic mass is 16.4. The maximum absolute atomic E-state index is 12.0. The van der Waals surface area contributed by atoms with Crippen LogP contribution in [-0.2, 0) is 0 Å². The molecule has 0 aliphatic heterocycles. The minimum absolute atomic E-state index is 0.0943. The third-order valence-corrected chi connectivity index (χ3v) is 3.22. The molecule has 1 heterocycles. The number of hydrogen-bond donors (Lipinski definition) is 1. The molecule has 0 saturated heterocycles. The number of carbonyl (C=O) groups excluding carboxylic acids is 1. The van der Waals surface area contributed by atoms with Crippen LogP contribution < -0.4 is 0 Å². The largest absolute Gasteiger partial charge is 0.475 e. The maximum atomic E-state index is 12.0. The molecule has 2 rings (SSSR count). The average Bonchev–Trinajstić information content (AvgIpc) is 2.97. The first-order chi connectivity index (χ1) is 8.09. The molecule has 1 saturated carbocycles. The predicted octanol–water partition coefficient (Wildman–Crippen LogP) is 1.99. The summed E-state index contributed by atoms with van der Waals surface area (Å²) in [6, 6.07) is 2.97. The topological polar surface area (TPSA) is 70.8 Å². The molecule has 1 aliphatic rings. The predicted molar refractivity (Wildman–Crippen MR) is 60.0 cm³/mol. The van der Waals surface area contributed by atoms with Crippen molar-refractivity contribution < 1.29 is 19.1 Å². The fourth-order valence-corrected chi connectivity index (χ4v) is 2.20. The minimum atomic E-state index is -1.16. The van der Waals surface area contributed by atoms with Gasteiger partial charge in [0.2, 0.25) is 5.76 Å². The summed E-state index contributed by atoms with van der Waals surface area (Å²) < 4.78 is 5.00. The lowest BCUT2D eigenvalue weighted by Gasteiger charge is -2.23. The van der Waals surface area contributed by atoms with Gasteiger partial charge in [0.05, 0.1) is 0 Å². The first-order valence-electron chi connectivity index (χ1n) is 5.70. The van der Waals surface area contributed by atoms with Crippen molar-refractivity contribution in [3.8, 4) is 0 Å². The summed E-state index contributed by atoms with van der Waals surface area (Å²) in [6.45, 7) is 0. The first-order valence-corrected chi connectivity index (χ1v) is 5.70. The van der Waals surface area contributed by atoms with Crippen LogP contribution in [0.1, 0.15) is 46.8 Å². The molecule has 5 nitrogen and oxygen atoms in total. The molecule has 0 spiro atoms. The second-order valence-electron chi connectivity index (χ2n) is 4.32. The Bertz CT molecular complexity index is 431.